The van der Waals surface area contributed by atoms with Crippen molar-refractivity contribution < 1.29 is 4.79 Å². The van der Waals surface area contributed by atoms with E-state index in [-0.39, 0.29) is 16.9 Å². The number of hydrogen-bond acceptors (Lipinski definition) is 3. The molecule has 2 aromatic rings. The number of fused-ring (bicyclic) bond motifs is 1. The second kappa shape index (κ2) is 7.45. The largest absolute Gasteiger partial charge is 0.346 e. The van der Waals surface area contributed by atoms with E-state index in [9.17, 15) is 9.59 Å². The lowest BCUT2D eigenvalue weighted by molar-refractivity contribution is 0.0825. The third kappa shape index (κ3) is 3.89. The van der Waals surface area contributed by atoms with Gasteiger partial charge in [-0.05, 0) is 73.1 Å². The molecule has 1 saturated heterocycles. The molecule has 0 N–H and O–H groups in total. The lowest BCUT2D eigenvalue weighted by atomic mass is 9.98. The van der Waals surface area contributed by atoms with Crippen LogP contribution >= 0.6 is 22.6 Å². The SMILES string of the molecule is CN1CCC[C@H](Cn2cc(C(=O)N(C)C)c(=O)c3cc(I)ccc32)C1. The number of hydrogen-bond donors (Lipinski definition) is 0. The number of aromatic nitrogens is 1. The van der Waals surface area contributed by atoms with Gasteiger partial charge in [0.25, 0.3) is 5.91 Å². The number of piperidine rings is 1. The summed E-state index contributed by atoms with van der Waals surface area (Å²) in [5, 5.41) is 0.628. The van der Waals surface area contributed by atoms with Gasteiger partial charge in [0.15, 0.2) is 0 Å². The van der Waals surface area contributed by atoms with Crippen molar-refractivity contribution in [2.75, 3.05) is 34.2 Å². The zero-order chi connectivity index (χ0) is 18.1. The smallest absolute Gasteiger partial charge is 0.258 e. The molecule has 134 valence electrons. The molecule has 25 heavy (non-hydrogen) atoms. The molecular weight excluding hydrogens is 429 g/mol. The Balaban J connectivity index is 2.11. The fourth-order valence-electron chi connectivity index (χ4n) is 3.61. The second-order valence-corrected chi connectivity index (χ2v) is 8.40. The quantitative estimate of drug-likeness (QED) is 0.672. The van der Waals surface area contributed by atoms with Crippen LogP contribution in [0, 0.1) is 9.49 Å². The highest BCUT2D eigenvalue weighted by molar-refractivity contribution is 14.1. The summed E-state index contributed by atoms with van der Waals surface area (Å²) in [6, 6.07) is 5.89. The van der Waals surface area contributed by atoms with Crippen molar-refractivity contribution in [2.24, 2.45) is 5.92 Å². The summed E-state index contributed by atoms with van der Waals surface area (Å²) in [6.07, 6.45) is 4.13. The summed E-state index contributed by atoms with van der Waals surface area (Å²) < 4.78 is 3.11. The summed E-state index contributed by atoms with van der Waals surface area (Å²) in [4.78, 5) is 29.2. The molecule has 5 nitrogen and oxygen atoms in total. The monoisotopic (exact) mass is 453 g/mol. The number of carbonyl (C=O) groups is 1. The fourth-order valence-corrected chi connectivity index (χ4v) is 4.11. The number of benzene rings is 1. The van der Waals surface area contributed by atoms with Crippen LogP contribution in [0.15, 0.2) is 29.2 Å². The maximum absolute atomic E-state index is 12.9. The molecule has 0 aliphatic carbocycles. The second-order valence-electron chi connectivity index (χ2n) is 7.16. The van der Waals surface area contributed by atoms with Gasteiger partial charge < -0.3 is 14.4 Å². The third-order valence-corrected chi connectivity index (χ3v) is 5.53. The number of halogens is 1. The average Bonchev–Trinajstić information content (AvgIpc) is 2.56. The Hall–Kier alpha value is -1.41. The Morgan fingerprint density at radius 1 is 1.36 bits per heavy atom. The Labute approximate surface area is 161 Å². The van der Waals surface area contributed by atoms with Gasteiger partial charge in [0, 0.05) is 42.3 Å². The van der Waals surface area contributed by atoms with Crippen LogP contribution in [-0.2, 0) is 6.54 Å². The van der Waals surface area contributed by atoms with Crippen molar-refractivity contribution in [2.45, 2.75) is 19.4 Å². The van der Waals surface area contributed by atoms with Crippen LogP contribution in [-0.4, -0.2) is 54.5 Å². The molecule has 3 rings (SSSR count). The first-order valence-corrected chi connectivity index (χ1v) is 9.67. The topological polar surface area (TPSA) is 45.6 Å². The van der Waals surface area contributed by atoms with Gasteiger partial charge in [0.1, 0.15) is 5.56 Å². The fraction of sp³-hybridized carbons (Fsp3) is 0.474. The summed E-state index contributed by atoms with van der Waals surface area (Å²) in [5.41, 5.74) is 0.988. The van der Waals surface area contributed by atoms with E-state index in [0.29, 0.717) is 11.3 Å². The normalized spacial score (nSPS) is 18.5. The van der Waals surface area contributed by atoms with Gasteiger partial charge in [-0.1, -0.05) is 0 Å². The van der Waals surface area contributed by atoms with E-state index < -0.39 is 0 Å². The number of likely N-dealkylation sites (tertiary alicyclic amines) is 1. The zero-order valence-electron chi connectivity index (χ0n) is 15.0. The summed E-state index contributed by atoms with van der Waals surface area (Å²) in [6.45, 7) is 3.02. The van der Waals surface area contributed by atoms with Crippen LogP contribution < -0.4 is 5.43 Å². The van der Waals surface area contributed by atoms with Crippen molar-refractivity contribution in [3.8, 4) is 0 Å². The van der Waals surface area contributed by atoms with E-state index in [1.54, 1.807) is 20.3 Å². The molecule has 1 aliphatic heterocycles. The zero-order valence-corrected chi connectivity index (χ0v) is 17.1. The van der Waals surface area contributed by atoms with Gasteiger partial charge >= 0.3 is 0 Å². The van der Waals surface area contributed by atoms with Gasteiger partial charge in [-0.2, -0.15) is 0 Å². The molecular formula is C19H24IN3O2. The van der Waals surface area contributed by atoms with Crippen LogP contribution in [0.3, 0.4) is 0 Å². The maximum Gasteiger partial charge on any atom is 0.258 e. The molecule has 0 spiro atoms. The first kappa shape index (κ1) is 18.4. The first-order chi connectivity index (χ1) is 11.9. The lowest BCUT2D eigenvalue weighted by Crippen LogP contribution is -2.35. The van der Waals surface area contributed by atoms with Crippen molar-refractivity contribution >= 4 is 39.4 Å². The molecule has 0 unspecified atom stereocenters. The Bertz CT molecular complexity index is 860. The lowest BCUT2D eigenvalue weighted by Gasteiger charge is -2.30. The molecule has 1 atom stereocenters. The highest BCUT2D eigenvalue weighted by atomic mass is 127. The van der Waals surface area contributed by atoms with Gasteiger partial charge in [-0.3, -0.25) is 9.59 Å². The Morgan fingerprint density at radius 3 is 2.80 bits per heavy atom. The van der Waals surface area contributed by atoms with E-state index in [2.05, 4.69) is 39.1 Å². The van der Waals surface area contributed by atoms with Gasteiger partial charge in [0.05, 0.1) is 5.52 Å². The van der Waals surface area contributed by atoms with Crippen molar-refractivity contribution in [3.63, 3.8) is 0 Å². The van der Waals surface area contributed by atoms with Crippen molar-refractivity contribution in [1.29, 1.82) is 0 Å². The molecule has 1 aromatic carbocycles. The van der Waals surface area contributed by atoms with Crippen LogP contribution in [0.4, 0.5) is 0 Å². The molecule has 1 aromatic heterocycles. The number of pyridine rings is 1. The van der Waals surface area contributed by atoms with E-state index in [4.69, 9.17) is 0 Å². The maximum atomic E-state index is 12.9. The van der Waals surface area contributed by atoms with Gasteiger partial charge in [0.2, 0.25) is 5.43 Å². The molecule has 1 aliphatic rings. The average molecular weight is 453 g/mol. The minimum atomic E-state index is -0.236. The van der Waals surface area contributed by atoms with E-state index in [1.165, 1.54) is 17.7 Å². The van der Waals surface area contributed by atoms with Crippen LogP contribution in [0.1, 0.15) is 23.2 Å². The standard InChI is InChI=1S/C19H24IN3O2/c1-21(2)19(25)16-12-23(11-13-5-4-8-22(3)10-13)17-7-6-14(20)9-15(17)18(16)24/h6-7,9,12-13H,4-5,8,10-11H2,1-3H3/t13-/m0/s1. The highest BCUT2D eigenvalue weighted by Gasteiger charge is 2.21. The molecule has 0 bridgehead atoms. The van der Waals surface area contributed by atoms with E-state index in [0.717, 1.165) is 28.7 Å². The van der Waals surface area contributed by atoms with E-state index in [1.807, 2.05) is 18.2 Å². The Kier molecular flexibility index (Phi) is 5.48. The first-order valence-electron chi connectivity index (χ1n) is 8.59. The van der Waals surface area contributed by atoms with Crippen molar-refractivity contribution in [3.05, 3.63) is 43.8 Å². The summed E-state index contributed by atoms with van der Waals surface area (Å²) in [7, 11) is 5.52. The molecule has 2 heterocycles. The van der Waals surface area contributed by atoms with Crippen LogP contribution in [0.5, 0.6) is 0 Å². The minimum absolute atomic E-state index is 0.177. The number of amides is 1. The van der Waals surface area contributed by atoms with Gasteiger partial charge in [-0.15, -0.1) is 0 Å². The van der Waals surface area contributed by atoms with E-state index >= 15 is 0 Å². The van der Waals surface area contributed by atoms with Crippen molar-refractivity contribution in [1.82, 2.24) is 14.4 Å². The van der Waals surface area contributed by atoms with Crippen LogP contribution in [0.2, 0.25) is 0 Å². The number of rotatable bonds is 3. The summed E-state index contributed by atoms with van der Waals surface area (Å²) in [5.74, 6) is 0.298. The molecule has 6 heteroatoms. The molecule has 1 amide bonds. The minimum Gasteiger partial charge on any atom is -0.346 e. The summed E-state index contributed by atoms with van der Waals surface area (Å²) >= 11 is 2.21. The predicted molar refractivity (Wildman–Crippen MR) is 109 cm³/mol. The molecule has 0 saturated carbocycles. The Morgan fingerprint density at radius 2 is 2.12 bits per heavy atom. The molecule has 1 fully saturated rings. The molecule has 0 radical (unpaired) electrons. The predicted octanol–water partition coefficient (Wildman–Crippen LogP) is 2.65. The highest BCUT2D eigenvalue weighted by Crippen LogP contribution is 2.21. The number of carbonyl (C=O) groups excluding carboxylic acids is 1. The third-order valence-electron chi connectivity index (χ3n) is 4.86. The number of nitrogens with zero attached hydrogens (tertiary/aromatic N) is 3. The van der Waals surface area contributed by atoms with Crippen LogP contribution in [0.25, 0.3) is 10.9 Å². The van der Waals surface area contributed by atoms with Gasteiger partial charge in [-0.25, -0.2) is 0 Å².